The number of benzene rings is 1. The number of carbonyl (C=O) groups excluding carboxylic acids is 1. The standard InChI is InChI=1S/C16H23NO4/c1-19-10-12-5-4-6-13(7-12)16(18)17-9-15(21-3)8-14(17)11-20-2/h4-7,14-15H,8-11H2,1-3H3/t14-,15-/m0/s1. The Labute approximate surface area is 125 Å². The van der Waals surface area contributed by atoms with Crippen molar-refractivity contribution in [3.8, 4) is 0 Å². The molecular weight excluding hydrogens is 270 g/mol. The van der Waals surface area contributed by atoms with Crippen molar-refractivity contribution in [1.29, 1.82) is 0 Å². The maximum absolute atomic E-state index is 12.7. The van der Waals surface area contributed by atoms with Crippen molar-refractivity contribution in [3.63, 3.8) is 0 Å². The van der Waals surface area contributed by atoms with Crippen LogP contribution in [-0.4, -0.2) is 57.4 Å². The second-order valence-corrected chi connectivity index (χ2v) is 5.29. The number of methoxy groups -OCH3 is 3. The number of ether oxygens (including phenoxy) is 3. The lowest BCUT2D eigenvalue weighted by Gasteiger charge is -2.24. The molecule has 0 spiro atoms. The zero-order valence-electron chi connectivity index (χ0n) is 12.9. The maximum atomic E-state index is 12.7. The van der Waals surface area contributed by atoms with E-state index >= 15 is 0 Å². The molecule has 1 heterocycles. The zero-order chi connectivity index (χ0) is 15.2. The molecule has 21 heavy (non-hydrogen) atoms. The number of rotatable bonds is 6. The molecule has 1 aliphatic heterocycles. The van der Waals surface area contributed by atoms with Crippen LogP contribution in [0.3, 0.4) is 0 Å². The first kappa shape index (κ1) is 15.9. The fourth-order valence-corrected chi connectivity index (χ4v) is 2.77. The molecule has 0 bridgehead atoms. The van der Waals surface area contributed by atoms with E-state index < -0.39 is 0 Å². The number of carbonyl (C=O) groups is 1. The molecular formula is C16H23NO4. The summed E-state index contributed by atoms with van der Waals surface area (Å²) in [7, 11) is 4.98. The Hall–Kier alpha value is -1.43. The molecule has 0 saturated carbocycles. The Morgan fingerprint density at radius 3 is 2.76 bits per heavy atom. The molecule has 1 amide bonds. The quantitative estimate of drug-likeness (QED) is 0.801. The summed E-state index contributed by atoms with van der Waals surface area (Å²) < 4.78 is 15.7. The van der Waals surface area contributed by atoms with E-state index in [9.17, 15) is 4.79 Å². The van der Waals surface area contributed by atoms with Crippen molar-refractivity contribution < 1.29 is 19.0 Å². The van der Waals surface area contributed by atoms with Crippen molar-refractivity contribution >= 4 is 5.91 Å². The Balaban J connectivity index is 2.15. The highest BCUT2D eigenvalue weighted by atomic mass is 16.5. The summed E-state index contributed by atoms with van der Waals surface area (Å²) in [6.07, 6.45) is 0.893. The second kappa shape index (κ2) is 7.54. The monoisotopic (exact) mass is 293 g/mol. The van der Waals surface area contributed by atoms with Gasteiger partial charge in [0.25, 0.3) is 5.91 Å². The fourth-order valence-electron chi connectivity index (χ4n) is 2.77. The molecule has 1 saturated heterocycles. The van der Waals surface area contributed by atoms with E-state index in [2.05, 4.69) is 0 Å². The first-order chi connectivity index (χ1) is 10.2. The maximum Gasteiger partial charge on any atom is 0.254 e. The Morgan fingerprint density at radius 1 is 1.29 bits per heavy atom. The van der Waals surface area contributed by atoms with Crippen LogP contribution in [0.2, 0.25) is 0 Å². The molecule has 0 N–H and O–H groups in total. The number of hydrogen-bond donors (Lipinski definition) is 0. The zero-order valence-corrected chi connectivity index (χ0v) is 12.9. The fraction of sp³-hybridized carbons (Fsp3) is 0.562. The molecule has 1 aromatic carbocycles. The van der Waals surface area contributed by atoms with E-state index in [0.717, 1.165) is 12.0 Å². The van der Waals surface area contributed by atoms with Crippen molar-refractivity contribution in [1.82, 2.24) is 4.90 Å². The van der Waals surface area contributed by atoms with Crippen LogP contribution in [0.25, 0.3) is 0 Å². The number of amides is 1. The van der Waals surface area contributed by atoms with E-state index in [1.165, 1.54) is 0 Å². The molecule has 0 aliphatic carbocycles. The van der Waals surface area contributed by atoms with E-state index in [-0.39, 0.29) is 18.1 Å². The molecule has 1 aromatic rings. The lowest BCUT2D eigenvalue weighted by molar-refractivity contribution is 0.0612. The summed E-state index contributed by atoms with van der Waals surface area (Å²) in [4.78, 5) is 14.6. The molecule has 0 radical (unpaired) electrons. The topological polar surface area (TPSA) is 48.0 Å². The highest BCUT2D eigenvalue weighted by Gasteiger charge is 2.35. The van der Waals surface area contributed by atoms with Gasteiger partial charge in [0.2, 0.25) is 0 Å². The number of nitrogens with zero attached hydrogens (tertiary/aromatic N) is 1. The molecule has 0 unspecified atom stereocenters. The molecule has 1 fully saturated rings. The van der Waals surface area contributed by atoms with Crippen LogP contribution in [0.5, 0.6) is 0 Å². The lowest BCUT2D eigenvalue weighted by atomic mass is 10.1. The minimum Gasteiger partial charge on any atom is -0.383 e. The van der Waals surface area contributed by atoms with Crippen LogP contribution in [0.1, 0.15) is 22.3 Å². The van der Waals surface area contributed by atoms with Gasteiger partial charge >= 0.3 is 0 Å². The Morgan fingerprint density at radius 2 is 2.10 bits per heavy atom. The minimum absolute atomic E-state index is 0.0227. The molecule has 5 nitrogen and oxygen atoms in total. The summed E-state index contributed by atoms with van der Waals surface area (Å²) in [5, 5.41) is 0. The molecule has 2 atom stereocenters. The molecule has 5 heteroatoms. The number of hydrogen-bond acceptors (Lipinski definition) is 4. The average molecular weight is 293 g/mol. The summed E-state index contributed by atoms with van der Waals surface area (Å²) >= 11 is 0. The van der Waals surface area contributed by atoms with Crippen LogP contribution in [0, 0.1) is 0 Å². The van der Waals surface area contributed by atoms with Gasteiger partial charge in [-0.3, -0.25) is 4.79 Å². The van der Waals surface area contributed by atoms with Crippen LogP contribution < -0.4 is 0 Å². The third kappa shape index (κ3) is 3.81. The summed E-state index contributed by atoms with van der Waals surface area (Å²) in [6, 6.07) is 7.63. The van der Waals surface area contributed by atoms with Gasteiger partial charge in [-0.25, -0.2) is 0 Å². The van der Waals surface area contributed by atoms with E-state index in [0.29, 0.717) is 25.3 Å². The van der Waals surface area contributed by atoms with E-state index in [1.54, 1.807) is 21.3 Å². The highest BCUT2D eigenvalue weighted by Crippen LogP contribution is 2.23. The normalized spacial score (nSPS) is 21.8. The second-order valence-electron chi connectivity index (χ2n) is 5.29. The van der Waals surface area contributed by atoms with Crippen molar-refractivity contribution in [2.75, 3.05) is 34.5 Å². The summed E-state index contributed by atoms with van der Waals surface area (Å²) in [6.45, 7) is 1.64. The van der Waals surface area contributed by atoms with E-state index in [1.807, 2.05) is 29.2 Å². The van der Waals surface area contributed by atoms with E-state index in [4.69, 9.17) is 14.2 Å². The third-order valence-corrected chi connectivity index (χ3v) is 3.81. The van der Waals surface area contributed by atoms with Gasteiger partial charge in [0.15, 0.2) is 0 Å². The summed E-state index contributed by atoms with van der Waals surface area (Å²) in [5.41, 5.74) is 1.68. The highest BCUT2D eigenvalue weighted by molar-refractivity contribution is 5.94. The molecule has 116 valence electrons. The first-order valence-electron chi connectivity index (χ1n) is 7.10. The largest absolute Gasteiger partial charge is 0.383 e. The predicted octanol–water partition coefficient (Wildman–Crippen LogP) is 1.71. The number of likely N-dealkylation sites (tertiary alicyclic amines) is 1. The first-order valence-corrected chi connectivity index (χ1v) is 7.10. The van der Waals surface area contributed by atoms with Gasteiger partial charge in [-0.2, -0.15) is 0 Å². The lowest BCUT2D eigenvalue weighted by Crippen LogP contribution is -2.38. The smallest absolute Gasteiger partial charge is 0.254 e. The Bertz CT molecular complexity index is 477. The average Bonchev–Trinajstić information content (AvgIpc) is 2.91. The van der Waals surface area contributed by atoms with Crippen molar-refractivity contribution in [2.45, 2.75) is 25.2 Å². The van der Waals surface area contributed by atoms with Crippen LogP contribution >= 0.6 is 0 Å². The van der Waals surface area contributed by atoms with Crippen LogP contribution in [0.4, 0.5) is 0 Å². The van der Waals surface area contributed by atoms with Crippen molar-refractivity contribution in [3.05, 3.63) is 35.4 Å². The molecule has 1 aliphatic rings. The van der Waals surface area contributed by atoms with Crippen molar-refractivity contribution in [2.24, 2.45) is 0 Å². The van der Waals surface area contributed by atoms with Gasteiger partial charge in [0.05, 0.1) is 25.4 Å². The van der Waals surface area contributed by atoms with Gasteiger partial charge in [-0.05, 0) is 24.1 Å². The van der Waals surface area contributed by atoms with Gasteiger partial charge < -0.3 is 19.1 Å². The van der Waals surface area contributed by atoms with Gasteiger partial charge in [-0.15, -0.1) is 0 Å². The SMILES string of the molecule is COCc1cccc(C(=O)N2C[C@@H](OC)C[C@H]2COC)c1. The summed E-state index contributed by atoms with van der Waals surface area (Å²) in [5.74, 6) is 0.0227. The third-order valence-electron chi connectivity index (χ3n) is 3.81. The van der Waals surface area contributed by atoms with Gasteiger partial charge in [0.1, 0.15) is 0 Å². The van der Waals surface area contributed by atoms with Gasteiger partial charge in [0, 0.05) is 33.4 Å². The predicted molar refractivity (Wildman–Crippen MR) is 79.3 cm³/mol. The van der Waals surface area contributed by atoms with Crippen LogP contribution in [-0.2, 0) is 20.8 Å². The molecule has 2 rings (SSSR count). The van der Waals surface area contributed by atoms with Gasteiger partial charge in [-0.1, -0.05) is 12.1 Å². The Kier molecular flexibility index (Phi) is 5.73. The van der Waals surface area contributed by atoms with Crippen LogP contribution in [0.15, 0.2) is 24.3 Å². The molecule has 0 aromatic heterocycles. The minimum atomic E-state index is 0.0227.